The fourth-order valence-electron chi connectivity index (χ4n) is 2.59. The van der Waals surface area contributed by atoms with Crippen molar-refractivity contribution in [3.8, 4) is 11.5 Å². The standard InChI is InChI=1S/C17H13N5O3/c1-11-4-5-22-14(6-11)19-13(7-16(22)24)9-21-8-12(2-3-15(21)23)17-20-18-10-25-17/h2-8,10H,9H2,1H3. The molecule has 4 aromatic heterocycles. The Balaban J connectivity index is 1.77. The maximum Gasteiger partial charge on any atom is 0.258 e. The molecule has 0 spiro atoms. The molecule has 0 saturated heterocycles. The van der Waals surface area contributed by atoms with E-state index in [0.29, 0.717) is 22.8 Å². The summed E-state index contributed by atoms with van der Waals surface area (Å²) in [6.45, 7) is 2.09. The average molecular weight is 335 g/mol. The molecule has 0 aliphatic rings. The topological polar surface area (TPSA) is 95.3 Å². The van der Waals surface area contributed by atoms with E-state index >= 15 is 0 Å². The number of hydrogen-bond donors (Lipinski definition) is 0. The van der Waals surface area contributed by atoms with E-state index in [1.165, 1.54) is 27.5 Å². The third-order valence-corrected chi connectivity index (χ3v) is 3.80. The first-order chi connectivity index (χ1) is 12.1. The lowest BCUT2D eigenvalue weighted by molar-refractivity contribution is 0.567. The summed E-state index contributed by atoms with van der Waals surface area (Å²) in [5.41, 5.74) is 2.25. The SMILES string of the molecule is Cc1ccn2c(=O)cc(Cn3cc(-c4nnco4)ccc3=O)nc2c1. The lowest BCUT2D eigenvalue weighted by atomic mass is 10.2. The van der Waals surface area contributed by atoms with Crippen molar-refractivity contribution in [1.29, 1.82) is 0 Å². The quantitative estimate of drug-likeness (QED) is 0.559. The molecule has 4 heterocycles. The van der Waals surface area contributed by atoms with Gasteiger partial charge in [0.05, 0.1) is 17.8 Å². The molecule has 4 rings (SSSR count). The minimum absolute atomic E-state index is 0.167. The van der Waals surface area contributed by atoms with Crippen LogP contribution in [-0.4, -0.2) is 24.1 Å². The molecular formula is C17H13N5O3. The first-order valence-electron chi connectivity index (χ1n) is 7.56. The summed E-state index contributed by atoms with van der Waals surface area (Å²) in [5.74, 6) is 0.316. The molecule has 124 valence electrons. The Morgan fingerprint density at radius 2 is 2.00 bits per heavy atom. The molecule has 0 N–H and O–H groups in total. The zero-order chi connectivity index (χ0) is 17.4. The van der Waals surface area contributed by atoms with Gasteiger partial charge in [-0.25, -0.2) is 4.98 Å². The van der Waals surface area contributed by atoms with E-state index in [9.17, 15) is 9.59 Å². The van der Waals surface area contributed by atoms with Crippen LogP contribution in [0.3, 0.4) is 0 Å². The molecule has 0 bridgehead atoms. The minimum Gasteiger partial charge on any atom is -0.423 e. The first kappa shape index (κ1) is 15.0. The molecule has 0 unspecified atom stereocenters. The fourth-order valence-corrected chi connectivity index (χ4v) is 2.59. The van der Waals surface area contributed by atoms with E-state index in [1.54, 1.807) is 18.5 Å². The van der Waals surface area contributed by atoms with Gasteiger partial charge in [0, 0.05) is 24.5 Å². The zero-order valence-electron chi connectivity index (χ0n) is 13.3. The van der Waals surface area contributed by atoms with Gasteiger partial charge in [-0.15, -0.1) is 10.2 Å². The van der Waals surface area contributed by atoms with Crippen molar-refractivity contribution in [1.82, 2.24) is 24.1 Å². The van der Waals surface area contributed by atoms with Crippen LogP contribution in [0, 0.1) is 6.92 Å². The maximum atomic E-state index is 12.2. The van der Waals surface area contributed by atoms with Crippen molar-refractivity contribution in [2.24, 2.45) is 0 Å². The Labute approximate surface area is 141 Å². The van der Waals surface area contributed by atoms with E-state index < -0.39 is 0 Å². The van der Waals surface area contributed by atoms with E-state index in [1.807, 2.05) is 19.1 Å². The zero-order valence-corrected chi connectivity index (χ0v) is 13.3. The smallest absolute Gasteiger partial charge is 0.258 e. The van der Waals surface area contributed by atoms with Gasteiger partial charge >= 0.3 is 0 Å². The van der Waals surface area contributed by atoms with Crippen LogP contribution in [-0.2, 0) is 6.54 Å². The van der Waals surface area contributed by atoms with Gasteiger partial charge in [-0.05, 0) is 30.7 Å². The second-order valence-corrected chi connectivity index (χ2v) is 5.65. The van der Waals surface area contributed by atoms with Crippen LogP contribution < -0.4 is 11.1 Å². The highest BCUT2D eigenvalue weighted by atomic mass is 16.4. The summed E-state index contributed by atoms with van der Waals surface area (Å²) < 4.78 is 8.07. The van der Waals surface area contributed by atoms with Crippen LogP contribution in [0.1, 0.15) is 11.3 Å². The van der Waals surface area contributed by atoms with Crippen LogP contribution in [0.2, 0.25) is 0 Å². The molecule has 0 aliphatic heterocycles. The molecule has 8 nitrogen and oxygen atoms in total. The van der Waals surface area contributed by atoms with E-state index in [4.69, 9.17) is 4.42 Å². The molecule has 0 atom stereocenters. The summed E-state index contributed by atoms with van der Waals surface area (Å²) in [6.07, 6.45) is 4.51. The molecule has 8 heteroatoms. The van der Waals surface area contributed by atoms with Crippen LogP contribution in [0.25, 0.3) is 17.1 Å². The van der Waals surface area contributed by atoms with Gasteiger partial charge in [0.2, 0.25) is 12.3 Å². The first-order valence-corrected chi connectivity index (χ1v) is 7.56. The predicted molar refractivity (Wildman–Crippen MR) is 89.3 cm³/mol. The van der Waals surface area contributed by atoms with Crippen molar-refractivity contribution in [2.75, 3.05) is 0 Å². The molecule has 0 aliphatic carbocycles. The summed E-state index contributed by atoms with van der Waals surface area (Å²) in [5, 5.41) is 7.46. The monoisotopic (exact) mass is 335 g/mol. The van der Waals surface area contributed by atoms with E-state index in [0.717, 1.165) is 5.56 Å². The van der Waals surface area contributed by atoms with Crippen molar-refractivity contribution >= 4 is 5.65 Å². The summed E-state index contributed by atoms with van der Waals surface area (Å²) in [4.78, 5) is 28.9. The van der Waals surface area contributed by atoms with Gasteiger partial charge in [0.25, 0.3) is 11.1 Å². The highest BCUT2D eigenvalue weighted by Crippen LogP contribution is 2.14. The molecule has 4 aromatic rings. The lowest BCUT2D eigenvalue weighted by Crippen LogP contribution is -2.22. The Bertz CT molecular complexity index is 1180. The number of rotatable bonds is 3. The third kappa shape index (κ3) is 2.85. The van der Waals surface area contributed by atoms with Crippen molar-refractivity contribution in [3.63, 3.8) is 0 Å². The molecular weight excluding hydrogens is 322 g/mol. The Kier molecular flexibility index (Phi) is 3.50. The second-order valence-electron chi connectivity index (χ2n) is 5.65. The van der Waals surface area contributed by atoms with E-state index in [2.05, 4.69) is 15.2 Å². The number of aryl methyl sites for hydroxylation is 1. The highest BCUT2D eigenvalue weighted by Gasteiger charge is 2.08. The van der Waals surface area contributed by atoms with Crippen LogP contribution >= 0.6 is 0 Å². The van der Waals surface area contributed by atoms with Gasteiger partial charge < -0.3 is 8.98 Å². The lowest BCUT2D eigenvalue weighted by Gasteiger charge is -2.08. The predicted octanol–water partition coefficient (Wildman–Crippen LogP) is 1.26. The number of aromatic nitrogens is 5. The van der Waals surface area contributed by atoms with Gasteiger partial charge in [-0.1, -0.05) is 0 Å². The number of pyridine rings is 2. The van der Waals surface area contributed by atoms with Gasteiger partial charge in [-0.3, -0.25) is 14.0 Å². The number of nitrogens with zero attached hydrogens (tertiary/aromatic N) is 5. The molecule has 25 heavy (non-hydrogen) atoms. The summed E-state index contributed by atoms with van der Waals surface area (Å²) in [6, 6.07) is 8.11. The number of fused-ring (bicyclic) bond motifs is 1. The largest absolute Gasteiger partial charge is 0.423 e. The van der Waals surface area contributed by atoms with Gasteiger partial charge in [0.15, 0.2) is 0 Å². The minimum atomic E-state index is -0.213. The van der Waals surface area contributed by atoms with Gasteiger partial charge in [-0.2, -0.15) is 0 Å². The normalized spacial score (nSPS) is 11.1. The molecule has 0 aromatic carbocycles. The maximum absolute atomic E-state index is 12.2. The second kappa shape index (κ2) is 5.82. The number of hydrogen-bond acceptors (Lipinski definition) is 6. The summed E-state index contributed by atoms with van der Waals surface area (Å²) in [7, 11) is 0. The molecule has 0 fully saturated rings. The van der Waals surface area contributed by atoms with Crippen molar-refractivity contribution < 1.29 is 4.42 Å². The highest BCUT2D eigenvalue weighted by molar-refractivity contribution is 5.50. The van der Waals surface area contributed by atoms with Crippen molar-refractivity contribution in [3.05, 3.63) is 81.1 Å². The molecule has 0 saturated carbocycles. The Morgan fingerprint density at radius 1 is 1.12 bits per heavy atom. The molecule has 0 amide bonds. The van der Waals surface area contributed by atoms with Crippen molar-refractivity contribution in [2.45, 2.75) is 13.5 Å². The van der Waals surface area contributed by atoms with Crippen LogP contribution in [0.4, 0.5) is 0 Å². The molecule has 0 radical (unpaired) electrons. The van der Waals surface area contributed by atoms with Gasteiger partial charge in [0.1, 0.15) is 5.65 Å². The average Bonchev–Trinajstić information content (AvgIpc) is 3.11. The fraction of sp³-hybridized carbons (Fsp3) is 0.118. The van der Waals surface area contributed by atoms with E-state index in [-0.39, 0.29) is 17.7 Å². The Morgan fingerprint density at radius 3 is 2.80 bits per heavy atom. The third-order valence-electron chi connectivity index (χ3n) is 3.80. The van der Waals surface area contributed by atoms with Crippen LogP contribution in [0.5, 0.6) is 0 Å². The summed E-state index contributed by atoms with van der Waals surface area (Å²) >= 11 is 0. The van der Waals surface area contributed by atoms with Crippen LogP contribution in [0.15, 0.2) is 63.1 Å². The Hall–Kier alpha value is -3.55.